The van der Waals surface area contributed by atoms with E-state index in [1.54, 1.807) is 18.3 Å². The van der Waals surface area contributed by atoms with E-state index < -0.39 is 11.0 Å². The highest BCUT2D eigenvalue weighted by molar-refractivity contribution is 5.33. The fourth-order valence-electron chi connectivity index (χ4n) is 2.04. The molecule has 21 heavy (non-hydrogen) atoms. The zero-order valence-electron chi connectivity index (χ0n) is 11.8. The van der Waals surface area contributed by atoms with Crippen LogP contribution in [0.3, 0.4) is 0 Å². The van der Waals surface area contributed by atoms with Crippen molar-refractivity contribution in [3.05, 3.63) is 57.9 Å². The van der Waals surface area contributed by atoms with Crippen LogP contribution in [0.25, 0.3) is 0 Å². The molecule has 112 valence electrons. The fourth-order valence-corrected chi connectivity index (χ4v) is 2.04. The lowest BCUT2D eigenvalue weighted by molar-refractivity contribution is -0.384. The van der Waals surface area contributed by atoms with Gasteiger partial charge in [0.2, 0.25) is 0 Å². The van der Waals surface area contributed by atoms with Crippen LogP contribution in [0.15, 0.2) is 36.5 Å². The van der Waals surface area contributed by atoms with Crippen LogP contribution in [0.1, 0.15) is 17.4 Å². The van der Waals surface area contributed by atoms with E-state index in [9.17, 15) is 15.2 Å². The van der Waals surface area contributed by atoms with E-state index in [0.717, 1.165) is 18.7 Å². The van der Waals surface area contributed by atoms with Gasteiger partial charge >= 0.3 is 0 Å². The van der Waals surface area contributed by atoms with Crippen molar-refractivity contribution in [2.45, 2.75) is 12.5 Å². The van der Waals surface area contributed by atoms with E-state index in [1.165, 1.54) is 12.1 Å². The van der Waals surface area contributed by atoms with E-state index >= 15 is 0 Å². The number of aromatic nitrogens is 2. The number of aliphatic hydroxyl groups is 1. The molecule has 0 aliphatic carbocycles. The number of nitro benzene ring substituents is 1. The molecule has 0 saturated carbocycles. The first-order valence-electron chi connectivity index (χ1n) is 6.68. The lowest BCUT2D eigenvalue weighted by Gasteiger charge is -2.12. The number of hydrogen-bond donors (Lipinski definition) is 2. The average molecular weight is 290 g/mol. The molecule has 1 aromatic heterocycles. The number of nitrogens with zero attached hydrogens (tertiary/aromatic N) is 3. The van der Waals surface area contributed by atoms with Crippen molar-refractivity contribution < 1.29 is 10.0 Å². The summed E-state index contributed by atoms with van der Waals surface area (Å²) in [6.07, 6.45) is 1.89. The molecule has 0 bridgehead atoms. The highest BCUT2D eigenvalue weighted by Crippen LogP contribution is 2.17. The van der Waals surface area contributed by atoms with Crippen LogP contribution in [-0.4, -0.2) is 32.9 Å². The molecule has 0 aliphatic rings. The Morgan fingerprint density at radius 2 is 2.10 bits per heavy atom. The minimum absolute atomic E-state index is 0.0233. The van der Waals surface area contributed by atoms with Gasteiger partial charge in [0, 0.05) is 50.6 Å². The van der Waals surface area contributed by atoms with Crippen LogP contribution >= 0.6 is 0 Å². The Bertz CT molecular complexity index is 595. The number of nitro groups is 1. The number of benzene rings is 1. The molecule has 0 aliphatic heterocycles. The Hall–Kier alpha value is -2.25. The topological polar surface area (TPSA) is 93.2 Å². The monoisotopic (exact) mass is 290 g/mol. The molecular weight excluding hydrogens is 272 g/mol. The standard InChI is InChI=1S/C14H18N4O3/c1-17-12(7-9-16-17)6-8-15-10-14(19)11-2-4-13(5-3-11)18(20)21/h2-5,7,9,14-15,19H,6,8,10H2,1H3. The Morgan fingerprint density at radius 1 is 1.38 bits per heavy atom. The van der Waals surface area contributed by atoms with Gasteiger partial charge in [0.15, 0.2) is 0 Å². The number of aliphatic hydroxyl groups excluding tert-OH is 1. The second-order valence-electron chi connectivity index (χ2n) is 4.76. The first-order valence-corrected chi connectivity index (χ1v) is 6.68. The molecule has 1 heterocycles. The lowest BCUT2D eigenvalue weighted by atomic mass is 10.1. The molecule has 1 unspecified atom stereocenters. The normalized spacial score (nSPS) is 12.3. The van der Waals surface area contributed by atoms with Crippen LogP contribution in [-0.2, 0) is 13.5 Å². The molecule has 0 saturated heterocycles. The summed E-state index contributed by atoms with van der Waals surface area (Å²) in [5.74, 6) is 0. The summed E-state index contributed by atoms with van der Waals surface area (Å²) >= 11 is 0. The maximum atomic E-state index is 10.6. The summed E-state index contributed by atoms with van der Waals surface area (Å²) in [5.41, 5.74) is 1.80. The van der Waals surface area contributed by atoms with Crippen molar-refractivity contribution in [2.75, 3.05) is 13.1 Å². The predicted molar refractivity (Wildman–Crippen MR) is 77.8 cm³/mol. The van der Waals surface area contributed by atoms with Crippen LogP contribution in [0.4, 0.5) is 5.69 Å². The van der Waals surface area contributed by atoms with Crippen molar-refractivity contribution in [3.8, 4) is 0 Å². The van der Waals surface area contributed by atoms with Crippen LogP contribution in [0, 0.1) is 10.1 Å². The summed E-state index contributed by atoms with van der Waals surface area (Å²) in [7, 11) is 1.89. The van der Waals surface area contributed by atoms with Gasteiger partial charge in [-0.25, -0.2) is 0 Å². The number of hydrogen-bond acceptors (Lipinski definition) is 5. The molecular formula is C14H18N4O3. The predicted octanol–water partition coefficient (Wildman–Crippen LogP) is 1.19. The van der Waals surface area contributed by atoms with Gasteiger partial charge in [-0.2, -0.15) is 5.10 Å². The van der Waals surface area contributed by atoms with E-state index in [0.29, 0.717) is 12.1 Å². The molecule has 7 heteroatoms. The van der Waals surface area contributed by atoms with E-state index in [1.807, 2.05) is 17.8 Å². The quantitative estimate of drug-likeness (QED) is 0.454. The molecule has 0 fully saturated rings. The summed E-state index contributed by atoms with van der Waals surface area (Å²) in [4.78, 5) is 10.1. The van der Waals surface area contributed by atoms with Crippen LogP contribution in [0.2, 0.25) is 0 Å². The van der Waals surface area contributed by atoms with Gasteiger partial charge in [0.05, 0.1) is 11.0 Å². The number of rotatable bonds is 7. The maximum absolute atomic E-state index is 10.6. The Kier molecular flexibility index (Phi) is 5.02. The van der Waals surface area contributed by atoms with Gasteiger partial charge in [-0.3, -0.25) is 14.8 Å². The van der Waals surface area contributed by atoms with Crippen molar-refractivity contribution in [1.29, 1.82) is 0 Å². The largest absolute Gasteiger partial charge is 0.387 e. The lowest BCUT2D eigenvalue weighted by Crippen LogP contribution is -2.24. The minimum atomic E-state index is -0.683. The van der Waals surface area contributed by atoms with Gasteiger partial charge in [-0.05, 0) is 23.8 Å². The van der Waals surface area contributed by atoms with Gasteiger partial charge in [-0.15, -0.1) is 0 Å². The van der Waals surface area contributed by atoms with Gasteiger partial charge < -0.3 is 10.4 Å². The highest BCUT2D eigenvalue weighted by Gasteiger charge is 2.10. The molecule has 1 aromatic carbocycles. The Morgan fingerprint density at radius 3 is 2.67 bits per heavy atom. The molecule has 2 rings (SSSR count). The third-order valence-corrected chi connectivity index (χ3v) is 3.31. The van der Waals surface area contributed by atoms with Crippen LogP contribution < -0.4 is 5.32 Å². The van der Waals surface area contributed by atoms with Crippen molar-refractivity contribution in [2.24, 2.45) is 7.05 Å². The van der Waals surface area contributed by atoms with E-state index in [2.05, 4.69) is 10.4 Å². The number of aryl methyl sites for hydroxylation is 1. The maximum Gasteiger partial charge on any atom is 0.269 e. The van der Waals surface area contributed by atoms with Gasteiger partial charge in [0.1, 0.15) is 0 Å². The first kappa shape index (κ1) is 15.1. The van der Waals surface area contributed by atoms with Crippen molar-refractivity contribution in [1.82, 2.24) is 15.1 Å². The van der Waals surface area contributed by atoms with Crippen LogP contribution in [0.5, 0.6) is 0 Å². The smallest absolute Gasteiger partial charge is 0.269 e. The van der Waals surface area contributed by atoms with Crippen molar-refractivity contribution in [3.63, 3.8) is 0 Å². The minimum Gasteiger partial charge on any atom is -0.387 e. The van der Waals surface area contributed by atoms with Gasteiger partial charge in [-0.1, -0.05) is 0 Å². The van der Waals surface area contributed by atoms with E-state index in [-0.39, 0.29) is 5.69 Å². The second-order valence-corrected chi connectivity index (χ2v) is 4.76. The summed E-state index contributed by atoms with van der Waals surface area (Å²) in [6, 6.07) is 7.90. The third kappa shape index (κ3) is 4.11. The summed E-state index contributed by atoms with van der Waals surface area (Å²) in [5, 5.41) is 27.8. The third-order valence-electron chi connectivity index (χ3n) is 3.31. The summed E-state index contributed by atoms with van der Waals surface area (Å²) < 4.78 is 1.81. The molecule has 2 N–H and O–H groups in total. The zero-order valence-corrected chi connectivity index (χ0v) is 11.8. The first-order chi connectivity index (χ1) is 10.1. The summed E-state index contributed by atoms with van der Waals surface area (Å²) in [6.45, 7) is 1.12. The SMILES string of the molecule is Cn1nccc1CCNCC(O)c1ccc([N+](=O)[O-])cc1. The number of nitrogens with one attached hydrogen (secondary N) is 1. The Labute approximate surface area is 122 Å². The second kappa shape index (κ2) is 6.96. The molecule has 0 radical (unpaired) electrons. The molecule has 1 atom stereocenters. The molecule has 0 spiro atoms. The molecule has 0 amide bonds. The molecule has 7 nitrogen and oxygen atoms in total. The number of non-ortho nitro benzene ring substituents is 1. The average Bonchev–Trinajstić information content (AvgIpc) is 2.89. The van der Waals surface area contributed by atoms with Crippen molar-refractivity contribution >= 4 is 5.69 Å². The fraction of sp³-hybridized carbons (Fsp3) is 0.357. The Balaban J connectivity index is 1.77. The molecule has 2 aromatic rings. The van der Waals surface area contributed by atoms with E-state index in [4.69, 9.17) is 0 Å². The van der Waals surface area contributed by atoms with Gasteiger partial charge in [0.25, 0.3) is 5.69 Å². The highest BCUT2D eigenvalue weighted by atomic mass is 16.6. The zero-order chi connectivity index (χ0) is 15.2.